The second-order valence-electron chi connectivity index (χ2n) is 4.60. The van der Waals surface area contributed by atoms with E-state index in [1.807, 2.05) is 0 Å². The molecule has 1 atom stereocenters. The monoisotopic (exact) mass is 234 g/mol. The summed E-state index contributed by atoms with van der Waals surface area (Å²) in [6.45, 7) is 6.00. The Morgan fingerprint density at radius 1 is 1.24 bits per heavy atom. The van der Waals surface area contributed by atoms with Crippen molar-refractivity contribution in [2.75, 3.05) is 13.1 Å². The fraction of sp³-hybridized carbons (Fsp3) is 0.500. The van der Waals surface area contributed by atoms with Crippen molar-refractivity contribution in [3.8, 4) is 0 Å². The number of carbonyl (C=O) groups excluding carboxylic acids is 1. The first-order valence-corrected chi connectivity index (χ1v) is 6.13. The van der Waals surface area contributed by atoms with E-state index in [2.05, 4.69) is 43.4 Å². The Morgan fingerprint density at radius 2 is 1.76 bits per heavy atom. The Morgan fingerprint density at radius 3 is 2.06 bits per heavy atom. The predicted molar refractivity (Wildman–Crippen MR) is 70.7 cm³/mol. The van der Waals surface area contributed by atoms with Crippen LogP contribution in [0.2, 0.25) is 0 Å². The lowest BCUT2D eigenvalue weighted by atomic mass is 9.99. The molecular weight excluding hydrogens is 212 g/mol. The second-order valence-corrected chi connectivity index (χ2v) is 4.60. The van der Waals surface area contributed by atoms with Gasteiger partial charge in [-0.15, -0.1) is 0 Å². The maximum Gasteiger partial charge on any atom is 0.221 e. The van der Waals surface area contributed by atoms with Crippen LogP contribution in [0, 0.1) is 19.8 Å². The maximum absolute atomic E-state index is 10.5. The molecule has 0 aliphatic carbocycles. The van der Waals surface area contributed by atoms with Crippen LogP contribution in [0.1, 0.15) is 24.0 Å². The quantitative estimate of drug-likeness (QED) is 0.778. The summed E-state index contributed by atoms with van der Waals surface area (Å²) in [6, 6.07) is 8.48. The van der Waals surface area contributed by atoms with Crippen molar-refractivity contribution < 1.29 is 4.79 Å². The maximum atomic E-state index is 10.5. The summed E-state index contributed by atoms with van der Waals surface area (Å²) < 4.78 is 0. The van der Waals surface area contributed by atoms with Gasteiger partial charge in [-0.1, -0.05) is 35.4 Å². The predicted octanol–water partition coefficient (Wildman–Crippen LogP) is 1.77. The van der Waals surface area contributed by atoms with Gasteiger partial charge >= 0.3 is 0 Å². The molecule has 2 rings (SSSR count). The summed E-state index contributed by atoms with van der Waals surface area (Å²) in [7, 11) is 0. The van der Waals surface area contributed by atoms with Crippen LogP contribution in [0.15, 0.2) is 24.3 Å². The van der Waals surface area contributed by atoms with E-state index in [-0.39, 0.29) is 11.8 Å². The van der Waals surface area contributed by atoms with Crippen molar-refractivity contribution in [3.05, 3.63) is 35.4 Å². The number of aryl methyl sites for hydroxylation is 2. The summed E-state index contributed by atoms with van der Waals surface area (Å²) in [6.07, 6.45) is 2.04. The first-order chi connectivity index (χ1) is 8.09. The standard InChI is InChI=1S/C8H10.C6H12N2O/c1-7-3-5-8(2)6-4-7;7-6(9)5-2-1-3-8-4-5/h3-6H,1-2H3;5,8H,1-4H2,(H2,7,9). The fourth-order valence-corrected chi connectivity index (χ4v) is 1.73. The molecule has 17 heavy (non-hydrogen) atoms. The molecule has 0 spiro atoms. The van der Waals surface area contributed by atoms with Crippen molar-refractivity contribution in [1.82, 2.24) is 5.32 Å². The minimum absolute atomic E-state index is 0.0822. The van der Waals surface area contributed by atoms with E-state index < -0.39 is 0 Å². The van der Waals surface area contributed by atoms with E-state index >= 15 is 0 Å². The molecule has 3 N–H and O–H groups in total. The summed E-state index contributed by atoms with van der Waals surface area (Å²) in [5, 5.41) is 3.12. The average molecular weight is 234 g/mol. The first kappa shape index (κ1) is 13.7. The van der Waals surface area contributed by atoms with Crippen molar-refractivity contribution >= 4 is 5.91 Å². The largest absolute Gasteiger partial charge is 0.369 e. The third-order valence-corrected chi connectivity index (χ3v) is 2.92. The third-order valence-electron chi connectivity index (χ3n) is 2.92. The van der Waals surface area contributed by atoms with Crippen LogP contribution >= 0.6 is 0 Å². The van der Waals surface area contributed by atoms with Gasteiger partial charge in [-0.25, -0.2) is 0 Å². The van der Waals surface area contributed by atoms with Gasteiger partial charge in [0.2, 0.25) is 5.91 Å². The molecule has 0 saturated carbocycles. The molecule has 3 heteroatoms. The highest BCUT2D eigenvalue weighted by molar-refractivity contribution is 5.76. The molecule has 1 fully saturated rings. The second kappa shape index (κ2) is 7.07. The molecule has 0 radical (unpaired) electrons. The van der Waals surface area contributed by atoms with Gasteiger partial charge < -0.3 is 11.1 Å². The van der Waals surface area contributed by atoms with Gasteiger partial charge in [0.1, 0.15) is 0 Å². The lowest BCUT2D eigenvalue weighted by Gasteiger charge is -2.18. The zero-order valence-corrected chi connectivity index (χ0v) is 10.7. The molecule has 1 aliphatic rings. The Bertz CT molecular complexity index is 319. The molecule has 94 valence electrons. The fourth-order valence-electron chi connectivity index (χ4n) is 1.73. The highest BCUT2D eigenvalue weighted by Gasteiger charge is 2.17. The topological polar surface area (TPSA) is 55.1 Å². The van der Waals surface area contributed by atoms with Gasteiger partial charge in [-0.2, -0.15) is 0 Å². The van der Waals surface area contributed by atoms with Crippen molar-refractivity contribution in [3.63, 3.8) is 0 Å². The highest BCUT2D eigenvalue weighted by atomic mass is 16.1. The zero-order chi connectivity index (χ0) is 12.7. The number of nitrogens with two attached hydrogens (primary N) is 1. The zero-order valence-electron chi connectivity index (χ0n) is 10.7. The van der Waals surface area contributed by atoms with Gasteiger partial charge in [-0.05, 0) is 33.2 Å². The molecule has 0 bridgehead atoms. The van der Waals surface area contributed by atoms with Crippen molar-refractivity contribution in [2.45, 2.75) is 26.7 Å². The molecule has 1 aromatic rings. The SMILES string of the molecule is Cc1ccc(C)cc1.NC(=O)C1CCCNC1. The van der Waals surface area contributed by atoms with Crippen LogP contribution in [0.25, 0.3) is 0 Å². The average Bonchev–Trinajstić information content (AvgIpc) is 2.35. The van der Waals surface area contributed by atoms with Crippen LogP contribution < -0.4 is 11.1 Å². The number of amides is 1. The first-order valence-electron chi connectivity index (χ1n) is 6.13. The number of hydrogen-bond acceptors (Lipinski definition) is 2. The van der Waals surface area contributed by atoms with E-state index in [9.17, 15) is 4.79 Å². The Hall–Kier alpha value is -1.35. The summed E-state index contributed by atoms with van der Waals surface area (Å²) >= 11 is 0. The number of piperidine rings is 1. The molecule has 3 nitrogen and oxygen atoms in total. The molecule has 1 saturated heterocycles. The molecule has 1 aliphatic heterocycles. The Balaban J connectivity index is 0.000000171. The minimum Gasteiger partial charge on any atom is -0.369 e. The van der Waals surface area contributed by atoms with Crippen LogP contribution in [-0.2, 0) is 4.79 Å². The van der Waals surface area contributed by atoms with Crippen molar-refractivity contribution in [2.24, 2.45) is 11.7 Å². The summed E-state index contributed by atoms with van der Waals surface area (Å²) in [5.74, 6) is -0.0825. The van der Waals surface area contributed by atoms with Gasteiger partial charge in [0.15, 0.2) is 0 Å². The third kappa shape index (κ3) is 5.50. The summed E-state index contributed by atoms with van der Waals surface area (Å²) in [5.41, 5.74) is 7.75. The summed E-state index contributed by atoms with van der Waals surface area (Å²) in [4.78, 5) is 10.5. The van der Waals surface area contributed by atoms with E-state index in [1.165, 1.54) is 11.1 Å². The number of benzene rings is 1. The number of primary amides is 1. The van der Waals surface area contributed by atoms with Gasteiger partial charge in [0, 0.05) is 6.54 Å². The molecule has 1 amide bonds. The van der Waals surface area contributed by atoms with Crippen LogP contribution in [-0.4, -0.2) is 19.0 Å². The highest BCUT2D eigenvalue weighted by Crippen LogP contribution is 2.07. The molecule has 0 aromatic heterocycles. The molecule has 1 aromatic carbocycles. The van der Waals surface area contributed by atoms with Crippen LogP contribution in [0.4, 0.5) is 0 Å². The lowest BCUT2D eigenvalue weighted by molar-refractivity contribution is -0.122. The van der Waals surface area contributed by atoms with E-state index in [0.717, 1.165) is 25.9 Å². The number of carbonyl (C=O) groups is 1. The number of nitrogens with one attached hydrogen (secondary N) is 1. The molecule has 1 unspecified atom stereocenters. The minimum atomic E-state index is -0.165. The van der Waals surface area contributed by atoms with Gasteiger partial charge in [0.25, 0.3) is 0 Å². The van der Waals surface area contributed by atoms with E-state index in [1.54, 1.807) is 0 Å². The lowest BCUT2D eigenvalue weighted by Crippen LogP contribution is -2.37. The van der Waals surface area contributed by atoms with Crippen molar-refractivity contribution in [1.29, 1.82) is 0 Å². The number of rotatable bonds is 1. The van der Waals surface area contributed by atoms with Crippen LogP contribution in [0.5, 0.6) is 0 Å². The van der Waals surface area contributed by atoms with E-state index in [4.69, 9.17) is 5.73 Å². The van der Waals surface area contributed by atoms with Gasteiger partial charge in [0.05, 0.1) is 5.92 Å². The molecular formula is C14H22N2O. The van der Waals surface area contributed by atoms with Crippen LogP contribution in [0.3, 0.4) is 0 Å². The Labute approximate surface area is 103 Å². The normalized spacial score (nSPS) is 19.1. The number of hydrogen-bond donors (Lipinski definition) is 2. The molecule has 1 heterocycles. The smallest absolute Gasteiger partial charge is 0.221 e. The van der Waals surface area contributed by atoms with E-state index in [0.29, 0.717) is 0 Å². The Kier molecular flexibility index (Phi) is 5.70. The van der Waals surface area contributed by atoms with Gasteiger partial charge in [-0.3, -0.25) is 4.79 Å².